The molecule has 0 aromatic rings. The van der Waals surface area contributed by atoms with Gasteiger partial charge in [-0.2, -0.15) is 0 Å². The Balaban J connectivity index is 1.73. The van der Waals surface area contributed by atoms with Gasteiger partial charge in [-0.25, -0.2) is 4.79 Å². The summed E-state index contributed by atoms with van der Waals surface area (Å²) in [4.78, 5) is 14.1. The van der Waals surface area contributed by atoms with E-state index in [4.69, 9.17) is 9.47 Å². The number of amides is 1. The molecule has 0 aromatic heterocycles. The Kier molecular flexibility index (Phi) is 5.27. The zero-order chi connectivity index (χ0) is 14.6. The fourth-order valence-corrected chi connectivity index (χ4v) is 2.42. The van der Waals surface area contributed by atoms with Crippen molar-refractivity contribution in [1.29, 1.82) is 0 Å². The molecule has 5 nitrogen and oxygen atoms in total. The Hall–Kier alpha value is -0.810. The van der Waals surface area contributed by atoms with E-state index in [1.807, 2.05) is 25.7 Å². The third kappa shape index (κ3) is 5.29. The van der Waals surface area contributed by atoms with Gasteiger partial charge in [0.1, 0.15) is 5.60 Å². The highest BCUT2D eigenvalue weighted by atomic mass is 16.6. The van der Waals surface area contributed by atoms with Crippen LogP contribution in [0.3, 0.4) is 0 Å². The van der Waals surface area contributed by atoms with E-state index in [-0.39, 0.29) is 6.09 Å². The van der Waals surface area contributed by atoms with Gasteiger partial charge in [-0.05, 0) is 46.5 Å². The van der Waals surface area contributed by atoms with Gasteiger partial charge in [-0.3, -0.25) is 0 Å². The molecule has 1 N–H and O–H groups in total. The molecule has 0 bridgehead atoms. The average molecular weight is 284 g/mol. The lowest BCUT2D eigenvalue weighted by atomic mass is 10.1. The van der Waals surface area contributed by atoms with E-state index in [9.17, 15) is 4.79 Å². The monoisotopic (exact) mass is 284 g/mol. The normalized spacial score (nSPS) is 20.8. The van der Waals surface area contributed by atoms with Crippen LogP contribution in [-0.4, -0.2) is 55.0 Å². The van der Waals surface area contributed by atoms with Crippen molar-refractivity contribution < 1.29 is 14.3 Å². The van der Waals surface area contributed by atoms with E-state index < -0.39 is 5.60 Å². The van der Waals surface area contributed by atoms with Crippen LogP contribution in [0, 0.1) is 0 Å². The molecule has 0 unspecified atom stereocenters. The van der Waals surface area contributed by atoms with E-state index in [2.05, 4.69) is 5.32 Å². The lowest BCUT2D eigenvalue weighted by Gasteiger charge is -2.29. The summed E-state index contributed by atoms with van der Waals surface area (Å²) in [5.74, 6) is 0. The highest BCUT2D eigenvalue weighted by Crippen LogP contribution is 2.28. The number of hydrogen-bond acceptors (Lipinski definition) is 4. The van der Waals surface area contributed by atoms with Crippen molar-refractivity contribution in [2.24, 2.45) is 0 Å². The Bertz CT molecular complexity index is 318. The van der Waals surface area contributed by atoms with Crippen LogP contribution in [0.4, 0.5) is 4.79 Å². The molecular weight excluding hydrogens is 256 g/mol. The van der Waals surface area contributed by atoms with Crippen molar-refractivity contribution in [3.8, 4) is 0 Å². The van der Waals surface area contributed by atoms with Gasteiger partial charge in [0.05, 0.1) is 0 Å². The lowest BCUT2D eigenvalue weighted by molar-refractivity contribution is 0.0229. The predicted octanol–water partition coefficient (Wildman–Crippen LogP) is 2.15. The largest absolute Gasteiger partial charge is 0.444 e. The number of hydrogen-bond donors (Lipinski definition) is 1. The molecule has 0 aromatic carbocycles. The van der Waals surface area contributed by atoms with Crippen LogP contribution in [0.5, 0.6) is 0 Å². The van der Waals surface area contributed by atoms with E-state index >= 15 is 0 Å². The van der Waals surface area contributed by atoms with Crippen LogP contribution >= 0.6 is 0 Å². The minimum absolute atomic E-state index is 0.172. The van der Waals surface area contributed by atoms with Crippen LogP contribution in [0.25, 0.3) is 0 Å². The molecule has 1 aliphatic heterocycles. The molecule has 2 aliphatic rings. The van der Waals surface area contributed by atoms with Gasteiger partial charge in [0.15, 0.2) is 0 Å². The maximum atomic E-state index is 12.2. The van der Waals surface area contributed by atoms with Crippen LogP contribution in [0.1, 0.15) is 46.5 Å². The molecule has 1 aliphatic carbocycles. The summed E-state index contributed by atoms with van der Waals surface area (Å²) < 4.78 is 10.8. The van der Waals surface area contributed by atoms with Crippen molar-refractivity contribution >= 4 is 6.09 Å². The average Bonchev–Trinajstić information content (AvgIpc) is 3.18. The highest BCUT2D eigenvalue weighted by molar-refractivity contribution is 5.69. The summed E-state index contributed by atoms with van der Waals surface area (Å²) in [7, 11) is 0. The first-order valence-electron chi connectivity index (χ1n) is 7.76. The van der Waals surface area contributed by atoms with E-state index in [0.717, 1.165) is 52.0 Å². The third-order valence-electron chi connectivity index (χ3n) is 3.62. The second-order valence-electron chi connectivity index (χ2n) is 6.75. The molecule has 1 saturated carbocycles. The fourth-order valence-electron chi connectivity index (χ4n) is 2.42. The minimum Gasteiger partial charge on any atom is -0.444 e. The van der Waals surface area contributed by atoms with Crippen molar-refractivity contribution in [3.05, 3.63) is 0 Å². The van der Waals surface area contributed by atoms with Crippen LogP contribution in [0.15, 0.2) is 0 Å². The van der Waals surface area contributed by atoms with Crippen molar-refractivity contribution in [2.45, 2.75) is 64.1 Å². The van der Waals surface area contributed by atoms with Crippen LogP contribution < -0.4 is 5.32 Å². The van der Waals surface area contributed by atoms with Crippen molar-refractivity contribution in [1.82, 2.24) is 10.2 Å². The van der Waals surface area contributed by atoms with E-state index in [1.165, 1.54) is 0 Å². The number of carbonyl (C=O) groups excluding carboxylic acids is 1. The standard InChI is InChI=1S/C15H28N2O3/c1-15(2,3)20-14(18)17(13-4-5-13)9-8-16-12-6-10-19-11-7-12/h12-13,16H,4-11H2,1-3H3. The maximum absolute atomic E-state index is 12.2. The quantitative estimate of drug-likeness (QED) is 0.840. The molecule has 1 heterocycles. The molecule has 5 heteroatoms. The number of ether oxygens (including phenoxy) is 2. The van der Waals surface area contributed by atoms with Gasteiger partial charge < -0.3 is 19.7 Å². The molecule has 0 atom stereocenters. The first-order valence-corrected chi connectivity index (χ1v) is 7.76. The molecule has 2 rings (SSSR count). The molecule has 0 spiro atoms. The molecule has 2 fully saturated rings. The van der Waals surface area contributed by atoms with E-state index in [0.29, 0.717) is 12.1 Å². The molecule has 20 heavy (non-hydrogen) atoms. The smallest absolute Gasteiger partial charge is 0.410 e. The van der Waals surface area contributed by atoms with Gasteiger partial charge in [0.25, 0.3) is 0 Å². The van der Waals surface area contributed by atoms with Gasteiger partial charge in [0, 0.05) is 38.4 Å². The van der Waals surface area contributed by atoms with Crippen molar-refractivity contribution in [2.75, 3.05) is 26.3 Å². The zero-order valence-corrected chi connectivity index (χ0v) is 13.0. The number of rotatable bonds is 5. The lowest BCUT2D eigenvalue weighted by Crippen LogP contribution is -2.44. The zero-order valence-electron chi connectivity index (χ0n) is 13.0. The predicted molar refractivity (Wildman–Crippen MR) is 77.8 cm³/mol. The number of nitrogens with one attached hydrogen (secondary N) is 1. The van der Waals surface area contributed by atoms with E-state index in [1.54, 1.807) is 0 Å². The summed E-state index contributed by atoms with van der Waals surface area (Å²) in [5, 5.41) is 3.52. The molecule has 1 amide bonds. The Morgan fingerprint density at radius 2 is 1.90 bits per heavy atom. The maximum Gasteiger partial charge on any atom is 0.410 e. The molecule has 0 radical (unpaired) electrons. The van der Waals surface area contributed by atoms with Gasteiger partial charge >= 0.3 is 6.09 Å². The summed E-state index contributed by atoms with van der Waals surface area (Å²) in [6.07, 6.45) is 4.17. The van der Waals surface area contributed by atoms with Gasteiger partial charge in [-0.15, -0.1) is 0 Å². The summed E-state index contributed by atoms with van der Waals surface area (Å²) in [6, 6.07) is 0.921. The Morgan fingerprint density at radius 1 is 1.25 bits per heavy atom. The summed E-state index contributed by atoms with van der Waals surface area (Å²) in [5.41, 5.74) is -0.418. The second kappa shape index (κ2) is 6.76. The molecule has 1 saturated heterocycles. The number of nitrogens with zero attached hydrogens (tertiary/aromatic N) is 1. The third-order valence-corrected chi connectivity index (χ3v) is 3.62. The molecular formula is C15H28N2O3. The Labute approximate surface area is 122 Å². The summed E-state index contributed by atoms with van der Waals surface area (Å²) >= 11 is 0. The Morgan fingerprint density at radius 3 is 2.45 bits per heavy atom. The number of carbonyl (C=O) groups is 1. The topological polar surface area (TPSA) is 50.8 Å². The minimum atomic E-state index is -0.418. The SMILES string of the molecule is CC(C)(C)OC(=O)N(CCNC1CCOCC1)C1CC1. The fraction of sp³-hybridized carbons (Fsp3) is 0.933. The first kappa shape index (κ1) is 15.6. The second-order valence-corrected chi connectivity index (χ2v) is 6.75. The van der Waals surface area contributed by atoms with Crippen molar-refractivity contribution in [3.63, 3.8) is 0 Å². The van der Waals surface area contributed by atoms with Gasteiger partial charge in [0.2, 0.25) is 0 Å². The van der Waals surface area contributed by atoms with Crippen LogP contribution in [0.2, 0.25) is 0 Å². The van der Waals surface area contributed by atoms with Crippen LogP contribution in [-0.2, 0) is 9.47 Å². The highest BCUT2D eigenvalue weighted by Gasteiger charge is 2.34. The summed E-state index contributed by atoms with van der Waals surface area (Å²) in [6.45, 7) is 8.99. The molecule has 116 valence electrons. The van der Waals surface area contributed by atoms with Gasteiger partial charge in [-0.1, -0.05) is 0 Å². The first-order chi connectivity index (χ1) is 9.46.